The van der Waals surface area contributed by atoms with Gasteiger partial charge in [0.15, 0.2) is 5.60 Å². The number of carbonyl (C=O) groups is 2. The van der Waals surface area contributed by atoms with Crippen molar-refractivity contribution in [3.63, 3.8) is 0 Å². The molecule has 1 amide bonds. The van der Waals surface area contributed by atoms with Crippen LogP contribution in [0.25, 0.3) is 0 Å². The molecule has 0 fully saturated rings. The molecule has 2 aromatic carbocycles. The number of ketones is 1. The summed E-state index contributed by atoms with van der Waals surface area (Å²) in [6, 6.07) is 12.0. The Labute approximate surface area is 149 Å². The lowest BCUT2D eigenvalue weighted by Crippen LogP contribution is -2.41. The van der Waals surface area contributed by atoms with Crippen molar-refractivity contribution >= 4 is 40.6 Å². The van der Waals surface area contributed by atoms with Crippen LogP contribution >= 0.6 is 23.2 Å². The van der Waals surface area contributed by atoms with Crippen molar-refractivity contribution < 1.29 is 14.7 Å². The maximum Gasteiger partial charge on any atom is 0.264 e. The van der Waals surface area contributed by atoms with Crippen molar-refractivity contribution in [2.75, 3.05) is 4.90 Å². The van der Waals surface area contributed by atoms with Gasteiger partial charge >= 0.3 is 0 Å². The summed E-state index contributed by atoms with van der Waals surface area (Å²) in [5, 5.41) is 11.8. The van der Waals surface area contributed by atoms with E-state index in [4.69, 9.17) is 23.2 Å². The van der Waals surface area contributed by atoms with Gasteiger partial charge in [0.2, 0.25) is 0 Å². The smallest absolute Gasteiger partial charge is 0.264 e. The fourth-order valence-corrected chi connectivity index (χ4v) is 3.48. The van der Waals surface area contributed by atoms with Gasteiger partial charge in [-0.2, -0.15) is 0 Å². The number of amides is 1. The molecule has 0 radical (unpaired) electrons. The molecule has 24 heavy (non-hydrogen) atoms. The molecule has 1 unspecified atom stereocenters. The molecule has 1 aliphatic heterocycles. The average Bonchev–Trinajstić information content (AvgIpc) is 2.71. The number of aliphatic hydroxyl groups is 1. The molecule has 0 saturated carbocycles. The molecule has 0 spiro atoms. The summed E-state index contributed by atoms with van der Waals surface area (Å²) in [4.78, 5) is 25.9. The Bertz CT molecular complexity index is 837. The van der Waals surface area contributed by atoms with E-state index in [2.05, 4.69) is 0 Å². The largest absolute Gasteiger partial charge is 0.375 e. The van der Waals surface area contributed by atoms with E-state index in [-0.39, 0.29) is 18.7 Å². The van der Waals surface area contributed by atoms with Crippen molar-refractivity contribution in [2.24, 2.45) is 0 Å². The van der Waals surface area contributed by atoms with Crippen LogP contribution in [0.4, 0.5) is 5.69 Å². The molecular weight excluding hydrogens is 349 g/mol. The van der Waals surface area contributed by atoms with E-state index >= 15 is 0 Å². The number of rotatable bonds is 4. The molecule has 4 nitrogen and oxygen atoms in total. The normalized spacial score (nSPS) is 19.5. The molecule has 1 aliphatic rings. The average molecular weight is 364 g/mol. The Kier molecular flexibility index (Phi) is 4.38. The molecule has 0 saturated heterocycles. The first kappa shape index (κ1) is 17.0. The number of benzene rings is 2. The van der Waals surface area contributed by atoms with E-state index in [1.807, 2.05) is 0 Å². The van der Waals surface area contributed by atoms with Crippen molar-refractivity contribution in [1.29, 1.82) is 0 Å². The molecule has 6 heteroatoms. The second-order valence-electron chi connectivity index (χ2n) is 5.88. The fraction of sp³-hybridized carbons (Fsp3) is 0.222. The number of nitrogens with zero attached hydrogens (tertiary/aromatic N) is 1. The van der Waals surface area contributed by atoms with Crippen LogP contribution in [0.1, 0.15) is 24.5 Å². The number of halogens is 2. The standard InChI is InChI=1S/C18H15Cl2NO3/c1-11(22)9-18(24)14-4-2-3-5-16(14)21(17(18)23)10-12-6-7-13(19)8-15(12)20/h2-8,24H,9-10H2,1H3. The molecule has 1 heterocycles. The van der Waals surface area contributed by atoms with Gasteiger partial charge in [-0.1, -0.05) is 47.5 Å². The molecule has 124 valence electrons. The zero-order chi connectivity index (χ0) is 17.5. The molecule has 2 aromatic rings. The molecule has 1 atom stereocenters. The zero-order valence-corrected chi connectivity index (χ0v) is 14.4. The first-order chi connectivity index (χ1) is 11.3. The molecule has 0 aliphatic carbocycles. The third-order valence-electron chi connectivity index (χ3n) is 4.09. The Morgan fingerprint density at radius 3 is 2.58 bits per heavy atom. The van der Waals surface area contributed by atoms with Gasteiger partial charge < -0.3 is 10.0 Å². The van der Waals surface area contributed by atoms with E-state index in [0.717, 1.165) is 0 Å². The van der Waals surface area contributed by atoms with Crippen molar-refractivity contribution in [2.45, 2.75) is 25.5 Å². The quantitative estimate of drug-likeness (QED) is 0.900. The Balaban J connectivity index is 2.03. The highest BCUT2D eigenvalue weighted by molar-refractivity contribution is 6.35. The van der Waals surface area contributed by atoms with Gasteiger partial charge in [-0.05, 0) is 30.7 Å². The summed E-state index contributed by atoms with van der Waals surface area (Å²) >= 11 is 12.1. The van der Waals surface area contributed by atoms with E-state index in [0.29, 0.717) is 26.9 Å². The van der Waals surface area contributed by atoms with Crippen molar-refractivity contribution in [3.05, 3.63) is 63.6 Å². The number of carbonyl (C=O) groups excluding carboxylic acids is 2. The Morgan fingerprint density at radius 2 is 1.92 bits per heavy atom. The summed E-state index contributed by atoms with van der Waals surface area (Å²) < 4.78 is 0. The number of para-hydroxylation sites is 1. The van der Waals surface area contributed by atoms with E-state index in [9.17, 15) is 14.7 Å². The van der Waals surface area contributed by atoms with Gasteiger partial charge in [0.1, 0.15) is 5.78 Å². The number of hydrogen-bond donors (Lipinski definition) is 1. The number of Topliss-reactive ketones (excluding diaryl/α,β-unsaturated/α-hetero) is 1. The predicted molar refractivity (Wildman–Crippen MR) is 93.3 cm³/mol. The van der Waals surface area contributed by atoms with Gasteiger partial charge in [0, 0.05) is 22.0 Å². The first-order valence-corrected chi connectivity index (χ1v) is 8.16. The van der Waals surface area contributed by atoms with Crippen LogP contribution in [-0.4, -0.2) is 16.8 Å². The fourth-order valence-electron chi connectivity index (χ4n) is 3.01. The monoisotopic (exact) mass is 363 g/mol. The van der Waals surface area contributed by atoms with Gasteiger partial charge in [-0.15, -0.1) is 0 Å². The summed E-state index contributed by atoms with van der Waals surface area (Å²) in [7, 11) is 0. The SMILES string of the molecule is CC(=O)CC1(O)C(=O)N(Cc2ccc(Cl)cc2Cl)c2ccccc21. The number of fused-ring (bicyclic) bond motifs is 1. The van der Waals surface area contributed by atoms with Crippen LogP contribution in [-0.2, 0) is 21.7 Å². The maximum absolute atomic E-state index is 12.9. The highest BCUT2D eigenvalue weighted by Gasteiger charge is 2.50. The second-order valence-corrected chi connectivity index (χ2v) is 6.73. The first-order valence-electron chi connectivity index (χ1n) is 7.40. The molecule has 0 bridgehead atoms. The topological polar surface area (TPSA) is 57.6 Å². The molecule has 3 rings (SSSR count). The minimum Gasteiger partial charge on any atom is -0.375 e. The molecule has 0 aromatic heterocycles. The number of anilines is 1. The molecule has 1 N–H and O–H groups in total. The van der Waals surface area contributed by atoms with Gasteiger partial charge in [-0.25, -0.2) is 0 Å². The Hall–Kier alpha value is -1.88. The van der Waals surface area contributed by atoms with Crippen LogP contribution in [0.5, 0.6) is 0 Å². The lowest BCUT2D eigenvalue weighted by atomic mass is 9.90. The van der Waals surface area contributed by atoms with Crippen LogP contribution < -0.4 is 4.90 Å². The third kappa shape index (κ3) is 2.81. The van der Waals surface area contributed by atoms with Gasteiger partial charge in [0.05, 0.1) is 12.2 Å². The van der Waals surface area contributed by atoms with Crippen LogP contribution in [0.15, 0.2) is 42.5 Å². The predicted octanol–water partition coefficient (Wildman–Crippen LogP) is 3.71. The summed E-state index contributed by atoms with van der Waals surface area (Å²) in [5.41, 5.74) is -0.106. The summed E-state index contributed by atoms with van der Waals surface area (Å²) in [6.45, 7) is 1.54. The third-order valence-corrected chi connectivity index (χ3v) is 4.67. The van der Waals surface area contributed by atoms with E-state index < -0.39 is 11.5 Å². The molecular formula is C18H15Cl2NO3. The summed E-state index contributed by atoms with van der Waals surface area (Å²) in [5.74, 6) is -0.781. The summed E-state index contributed by atoms with van der Waals surface area (Å²) in [6.07, 6.45) is -0.256. The lowest BCUT2D eigenvalue weighted by molar-refractivity contribution is -0.141. The highest BCUT2D eigenvalue weighted by atomic mass is 35.5. The minimum atomic E-state index is -1.83. The minimum absolute atomic E-state index is 0.187. The lowest BCUT2D eigenvalue weighted by Gasteiger charge is -2.22. The van der Waals surface area contributed by atoms with Crippen molar-refractivity contribution in [3.8, 4) is 0 Å². The van der Waals surface area contributed by atoms with E-state index in [1.165, 1.54) is 11.8 Å². The van der Waals surface area contributed by atoms with E-state index in [1.54, 1.807) is 42.5 Å². The zero-order valence-electron chi connectivity index (χ0n) is 12.9. The van der Waals surface area contributed by atoms with Gasteiger partial charge in [-0.3, -0.25) is 9.59 Å². The van der Waals surface area contributed by atoms with Crippen LogP contribution in [0.3, 0.4) is 0 Å². The van der Waals surface area contributed by atoms with Crippen molar-refractivity contribution in [1.82, 2.24) is 0 Å². The van der Waals surface area contributed by atoms with Crippen LogP contribution in [0.2, 0.25) is 10.0 Å². The Morgan fingerprint density at radius 1 is 1.21 bits per heavy atom. The number of hydrogen-bond acceptors (Lipinski definition) is 3. The second kappa shape index (κ2) is 6.20. The van der Waals surface area contributed by atoms with Crippen LogP contribution in [0, 0.1) is 0 Å². The highest BCUT2D eigenvalue weighted by Crippen LogP contribution is 2.43. The maximum atomic E-state index is 12.9. The van der Waals surface area contributed by atoms with Gasteiger partial charge in [0.25, 0.3) is 5.91 Å².